The summed E-state index contributed by atoms with van der Waals surface area (Å²) in [6, 6.07) is 4.70. The summed E-state index contributed by atoms with van der Waals surface area (Å²) in [5, 5.41) is 0. The van der Waals surface area contributed by atoms with E-state index in [4.69, 9.17) is 10.7 Å². The Bertz CT molecular complexity index is 627. The molecule has 4 heteroatoms. The van der Waals surface area contributed by atoms with Crippen molar-refractivity contribution in [3.8, 4) is 0 Å². The largest absolute Gasteiger partial charge is 0.330 e. The van der Waals surface area contributed by atoms with Crippen molar-refractivity contribution in [1.29, 1.82) is 0 Å². The molecule has 0 saturated carbocycles. The molecule has 2 N–H and O–H groups in total. The van der Waals surface area contributed by atoms with Crippen molar-refractivity contribution >= 4 is 11.0 Å². The van der Waals surface area contributed by atoms with Gasteiger partial charge < -0.3 is 15.2 Å². The van der Waals surface area contributed by atoms with Crippen molar-refractivity contribution in [1.82, 2.24) is 14.5 Å². The van der Waals surface area contributed by atoms with Crippen LogP contribution in [0.15, 0.2) is 12.1 Å². The molecule has 0 fully saturated rings. The second-order valence-corrected chi connectivity index (χ2v) is 6.38. The van der Waals surface area contributed by atoms with Crippen LogP contribution in [0.5, 0.6) is 0 Å². The number of aryl methyl sites for hydroxylation is 3. The first-order valence-corrected chi connectivity index (χ1v) is 8.04. The lowest BCUT2D eigenvalue weighted by Gasteiger charge is -2.16. The predicted molar refractivity (Wildman–Crippen MR) is 87.4 cm³/mol. The second kappa shape index (κ2) is 6.16. The molecule has 114 valence electrons. The minimum Gasteiger partial charge on any atom is -0.330 e. The van der Waals surface area contributed by atoms with Crippen LogP contribution in [0.25, 0.3) is 11.0 Å². The molecule has 1 aromatic heterocycles. The number of nitrogens with zero attached hydrogens (tertiary/aromatic N) is 3. The quantitative estimate of drug-likeness (QED) is 0.917. The third-order valence-corrected chi connectivity index (χ3v) is 4.33. The van der Waals surface area contributed by atoms with E-state index in [0.29, 0.717) is 0 Å². The predicted octanol–water partition coefficient (Wildman–Crippen LogP) is 2.33. The molecule has 0 radical (unpaired) electrons. The molecule has 3 rings (SSSR count). The summed E-state index contributed by atoms with van der Waals surface area (Å²) in [4.78, 5) is 7.07. The van der Waals surface area contributed by atoms with Crippen LogP contribution in [0.1, 0.15) is 36.2 Å². The van der Waals surface area contributed by atoms with Crippen molar-refractivity contribution in [2.24, 2.45) is 5.73 Å². The van der Waals surface area contributed by atoms with Crippen molar-refractivity contribution < 1.29 is 0 Å². The van der Waals surface area contributed by atoms with Crippen molar-refractivity contribution in [2.75, 3.05) is 20.6 Å². The summed E-state index contributed by atoms with van der Waals surface area (Å²) >= 11 is 0. The summed E-state index contributed by atoms with van der Waals surface area (Å²) in [6.07, 6.45) is 6.07. The monoisotopic (exact) mass is 286 g/mol. The highest BCUT2D eigenvalue weighted by atomic mass is 15.2. The number of nitrogens with two attached hydrogens (primary N) is 1. The summed E-state index contributed by atoms with van der Waals surface area (Å²) in [6.45, 7) is 2.57. The summed E-state index contributed by atoms with van der Waals surface area (Å²) in [5.74, 6) is 1.16. The molecule has 1 heterocycles. The fraction of sp³-hybridized carbons (Fsp3) is 0.588. The van der Waals surface area contributed by atoms with Crippen LogP contribution in [0.2, 0.25) is 0 Å². The van der Waals surface area contributed by atoms with E-state index in [1.54, 1.807) is 0 Å². The average Bonchev–Trinajstić information content (AvgIpc) is 2.78. The van der Waals surface area contributed by atoms with Crippen LogP contribution < -0.4 is 5.73 Å². The Balaban J connectivity index is 2.07. The molecule has 4 nitrogen and oxygen atoms in total. The van der Waals surface area contributed by atoms with Crippen LogP contribution in [0.4, 0.5) is 0 Å². The Morgan fingerprint density at radius 3 is 2.57 bits per heavy atom. The van der Waals surface area contributed by atoms with Gasteiger partial charge in [0.1, 0.15) is 5.82 Å². The highest BCUT2D eigenvalue weighted by Gasteiger charge is 2.16. The molecule has 0 unspecified atom stereocenters. The Morgan fingerprint density at radius 2 is 1.90 bits per heavy atom. The van der Waals surface area contributed by atoms with Gasteiger partial charge in [-0.2, -0.15) is 0 Å². The Labute approximate surface area is 126 Å². The first-order valence-electron chi connectivity index (χ1n) is 8.04. The van der Waals surface area contributed by atoms with Crippen LogP contribution in [-0.4, -0.2) is 35.1 Å². The van der Waals surface area contributed by atoms with Crippen LogP contribution >= 0.6 is 0 Å². The van der Waals surface area contributed by atoms with Crippen LogP contribution in [0.3, 0.4) is 0 Å². The smallest absolute Gasteiger partial charge is 0.124 e. The van der Waals surface area contributed by atoms with Gasteiger partial charge in [0.2, 0.25) is 0 Å². The lowest BCUT2D eigenvalue weighted by atomic mass is 9.91. The third-order valence-electron chi connectivity index (χ3n) is 4.33. The molecule has 0 saturated heterocycles. The minimum atomic E-state index is 0.728. The van der Waals surface area contributed by atoms with E-state index in [-0.39, 0.29) is 0 Å². The highest BCUT2D eigenvalue weighted by Crippen LogP contribution is 2.27. The van der Waals surface area contributed by atoms with Gasteiger partial charge in [-0.05, 0) is 76.0 Å². The maximum absolute atomic E-state index is 5.71. The SMILES string of the molecule is CN(C)Cc1nc2cc3c(cc2n1CCCN)CCCC3. The van der Waals surface area contributed by atoms with Gasteiger partial charge in [-0.15, -0.1) is 0 Å². The number of rotatable bonds is 5. The molecule has 0 spiro atoms. The third kappa shape index (κ3) is 2.97. The number of fused-ring (bicyclic) bond motifs is 2. The molecule has 1 aliphatic rings. The van der Waals surface area contributed by atoms with E-state index in [2.05, 4.69) is 35.7 Å². The van der Waals surface area contributed by atoms with Crippen LogP contribution in [-0.2, 0) is 25.9 Å². The molecule has 0 aliphatic heterocycles. The zero-order valence-electron chi connectivity index (χ0n) is 13.2. The first kappa shape index (κ1) is 14.5. The number of imidazole rings is 1. The standard InChI is InChI=1S/C17H26N4/c1-20(2)12-17-19-15-10-13-6-3-4-7-14(13)11-16(15)21(17)9-5-8-18/h10-11H,3-9,12,18H2,1-2H3. The van der Waals surface area contributed by atoms with E-state index in [1.165, 1.54) is 42.3 Å². The van der Waals surface area contributed by atoms with Gasteiger partial charge in [-0.25, -0.2) is 4.98 Å². The van der Waals surface area contributed by atoms with E-state index >= 15 is 0 Å². The minimum absolute atomic E-state index is 0.728. The van der Waals surface area contributed by atoms with Crippen molar-refractivity contribution in [2.45, 2.75) is 45.2 Å². The Kier molecular flexibility index (Phi) is 4.27. The molecule has 0 bridgehead atoms. The number of hydrogen-bond acceptors (Lipinski definition) is 3. The van der Waals surface area contributed by atoms with Gasteiger partial charge in [0, 0.05) is 6.54 Å². The van der Waals surface area contributed by atoms with E-state index in [1.807, 2.05) is 0 Å². The van der Waals surface area contributed by atoms with Crippen molar-refractivity contribution in [3.63, 3.8) is 0 Å². The van der Waals surface area contributed by atoms with Gasteiger partial charge in [0.05, 0.1) is 17.6 Å². The van der Waals surface area contributed by atoms with Gasteiger partial charge in [0.15, 0.2) is 0 Å². The van der Waals surface area contributed by atoms with Gasteiger partial charge >= 0.3 is 0 Å². The van der Waals surface area contributed by atoms with Gasteiger partial charge in [-0.3, -0.25) is 0 Å². The zero-order valence-corrected chi connectivity index (χ0v) is 13.2. The summed E-state index contributed by atoms with van der Waals surface area (Å²) < 4.78 is 2.37. The topological polar surface area (TPSA) is 47.1 Å². The Morgan fingerprint density at radius 1 is 1.19 bits per heavy atom. The molecular formula is C17H26N4. The lowest BCUT2D eigenvalue weighted by molar-refractivity contribution is 0.381. The van der Waals surface area contributed by atoms with Gasteiger partial charge in [0.25, 0.3) is 0 Å². The normalized spacial score (nSPS) is 14.9. The number of benzene rings is 1. The van der Waals surface area contributed by atoms with Crippen molar-refractivity contribution in [3.05, 3.63) is 29.1 Å². The molecule has 21 heavy (non-hydrogen) atoms. The second-order valence-electron chi connectivity index (χ2n) is 6.38. The molecular weight excluding hydrogens is 260 g/mol. The number of hydrogen-bond donors (Lipinski definition) is 1. The van der Waals surface area contributed by atoms with E-state index in [0.717, 1.165) is 37.4 Å². The Hall–Kier alpha value is -1.39. The molecule has 0 amide bonds. The zero-order chi connectivity index (χ0) is 14.8. The van der Waals surface area contributed by atoms with E-state index in [9.17, 15) is 0 Å². The molecule has 2 aromatic rings. The van der Waals surface area contributed by atoms with E-state index < -0.39 is 0 Å². The summed E-state index contributed by atoms with van der Waals surface area (Å²) in [7, 11) is 4.19. The lowest BCUT2D eigenvalue weighted by Crippen LogP contribution is -2.16. The maximum Gasteiger partial charge on any atom is 0.124 e. The highest BCUT2D eigenvalue weighted by molar-refractivity contribution is 5.78. The fourth-order valence-corrected chi connectivity index (χ4v) is 3.31. The fourth-order valence-electron chi connectivity index (χ4n) is 3.31. The average molecular weight is 286 g/mol. The molecule has 1 aliphatic carbocycles. The maximum atomic E-state index is 5.71. The first-order chi connectivity index (χ1) is 10.2. The van der Waals surface area contributed by atoms with Gasteiger partial charge in [-0.1, -0.05) is 0 Å². The molecule has 0 atom stereocenters. The molecule has 1 aromatic carbocycles. The summed E-state index contributed by atoms with van der Waals surface area (Å²) in [5.41, 5.74) is 11.2. The number of aromatic nitrogens is 2. The van der Waals surface area contributed by atoms with Crippen LogP contribution in [0, 0.1) is 0 Å².